The van der Waals surface area contributed by atoms with Crippen molar-refractivity contribution < 1.29 is 9.59 Å². The second kappa shape index (κ2) is 4.81. The number of carbonyl (C=O) groups excluding carboxylic acids is 2. The summed E-state index contributed by atoms with van der Waals surface area (Å²) in [4.78, 5) is 29.7. The number of likely N-dealkylation sites (tertiary alicyclic amines) is 1. The summed E-state index contributed by atoms with van der Waals surface area (Å²) in [6.45, 7) is 1.94. The van der Waals surface area contributed by atoms with Gasteiger partial charge in [-0.05, 0) is 12.1 Å². The summed E-state index contributed by atoms with van der Waals surface area (Å²) < 4.78 is 0. The SMILES string of the molecule is CN(C)C(=O)N1C[C@@H]2CN(c3ccccc3)C(=O)[C@H]2C1. The van der Waals surface area contributed by atoms with Gasteiger partial charge in [-0.2, -0.15) is 0 Å². The minimum atomic E-state index is -0.0425. The van der Waals surface area contributed by atoms with Crippen LogP contribution in [0.5, 0.6) is 0 Å². The van der Waals surface area contributed by atoms with Crippen LogP contribution in [0.2, 0.25) is 0 Å². The first-order valence-corrected chi connectivity index (χ1v) is 6.90. The number of urea groups is 1. The number of nitrogens with zero attached hydrogens (tertiary/aromatic N) is 3. The van der Waals surface area contributed by atoms with Crippen LogP contribution in [0.1, 0.15) is 0 Å². The highest BCUT2D eigenvalue weighted by Crippen LogP contribution is 2.35. The molecule has 3 amide bonds. The average molecular weight is 273 g/mol. The van der Waals surface area contributed by atoms with Crippen LogP contribution in [0.25, 0.3) is 0 Å². The molecule has 0 aromatic heterocycles. The fraction of sp³-hybridized carbons (Fsp3) is 0.467. The molecule has 106 valence electrons. The van der Waals surface area contributed by atoms with E-state index in [-0.39, 0.29) is 23.8 Å². The van der Waals surface area contributed by atoms with Crippen LogP contribution in [0.4, 0.5) is 10.5 Å². The largest absolute Gasteiger partial charge is 0.331 e. The molecule has 0 saturated carbocycles. The van der Waals surface area contributed by atoms with Crippen LogP contribution in [-0.4, -0.2) is 55.5 Å². The molecule has 0 spiro atoms. The van der Waals surface area contributed by atoms with Crippen LogP contribution in [0.15, 0.2) is 30.3 Å². The summed E-state index contributed by atoms with van der Waals surface area (Å²) in [6, 6.07) is 9.75. The molecule has 2 atom stereocenters. The van der Waals surface area contributed by atoms with E-state index in [0.29, 0.717) is 19.6 Å². The molecule has 0 radical (unpaired) electrons. The van der Waals surface area contributed by atoms with Crippen molar-refractivity contribution in [1.29, 1.82) is 0 Å². The Kier molecular flexibility index (Phi) is 3.12. The number of fused-ring (bicyclic) bond motifs is 1. The second-order valence-corrected chi connectivity index (χ2v) is 5.73. The van der Waals surface area contributed by atoms with Crippen LogP contribution in [0, 0.1) is 11.8 Å². The highest BCUT2D eigenvalue weighted by atomic mass is 16.2. The maximum absolute atomic E-state index is 12.5. The summed E-state index contributed by atoms with van der Waals surface area (Å²) in [5, 5.41) is 0. The van der Waals surface area contributed by atoms with E-state index in [1.165, 1.54) is 0 Å². The Bertz CT molecular complexity index is 529. The molecule has 1 aromatic carbocycles. The van der Waals surface area contributed by atoms with Gasteiger partial charge in [0.1, 0.15) is 0 Å². The standard InChI is InChI=1S/C15H19N3O2/c1-16(2)15(20)17-8-11-9-18(14(19)13(11)10-17)12-6-4-3-5-7-12/h3-7,11,13H,8-10H2,1-2H3/t11-,13+/m1/s1. The molecule has 5 heteroatoms. The Morgan fingerprint density at radius 3 is 2.45 bits per heavy atom. The molecular weight excluding hydrogens is 254 g/mol. The van der Waals surface area contributed by atoms with Gasteiger partial charge in [-0.1, -0.05) is 18.2 Å². The fourth-order valence-corrected chi connectivity index (χ4v) is 3.14. The zero-order valence-corrected chi connectivity index (χ0v) is 11.8. The lowest BCUT2D eigenvalue weighted by atomic mass is 10.0. The van der Waals surface area contributed by atoms with Gasteiger partial charge < -0.3 is 14.7 Å². The summed E-state index contributed by atoms with van der Waals surface area (Å²) in [5.41, 5.74) is 0.956. The zero-order chi connectivity index (χ0) is 14.3. The molecule has 0 unspecified atom stereocenters. The molecule has 0 bridgehead atoms. The monoisotopic (exact) mass is 273 g/mol. The van der Waals surface area contributed by atoms with E-state index < -0.39 is 0 Å². The van der Waals surface area contributed by atoms with Gasteiger partial charge in [0.25, 0.3) is 0 Å². The number of hydrogen-bond donors (Lipinski definition) is 0. The van der Waals surface area contributed by atoms with Gasteiger partial charge in [0.2, 0.25) is 5.91 Å². The minimum absolute atomic E-state index is 0.00142. The van der Waals surface area contributed by atoms with Crippen molar-refractivity contribution in [1.82, 2.24) is 9.80 Å². The van der Waals surface area contributed by atoms with Crippen LogP contribution < -0.4 is 4.90 Å². The number of amides is 3. The van der Waals surface area contributed by atoms with Crippen molar-refractivity contribution in [2.75, 3.05) is 38.6 Å². The van der Waals surface area contributed by atoms with Crippen molar-refractivity contribution in [3.63, 3.8) is 0 Å². The van der Waals surface area contributed by atoms with E-state index in [1.54, 1.807) is 23.9 Å². The van der Waals surface area contributed by atoms with Crippen molar-refractivity contribution >= 4 is 17.6 Å². The van der Waals surface area contributed by atoms with Gasteiger partial charge in [-0.3, -0.25) is 4.79 Å². The third-order valence-electron chi connectivity index (χ3n) is 4.16. The molecule has 5 nitrogen and oxygen atoms in total. The molecule has 2 saturated heterocycles. The highest BCUT2D eigenvalue weighted by molar-refractivity contribution is 5.98. The molecule has 0 N–H and O–H groups in total. The molecule has 0 aliphatic carbocycles. The Balaban J connectivity index is 1.73. The summed E-state index contributed by atoms with van der Waals surface area (Å²) in [5.74, 6) is 0.362. The highest BCUT2D eigenvalue weighted by Gasteiger charge is 2.47. The molecule has 2 aliphatic rings. The molecule has 2 fully saturated rings. The van der Waals surface area contributed by atoms with Gasteiger partial charge in [-0.25, -0.2) is 4.79 Å². The fourth-order valence-electron chi connectivity index (χ4n) is 3.14. The van der Waals surface area contributed by atoms with Gasteiger partial charge >= 0.3 is 6.03 Å². The van der Waals surface area contributed by atoms with Crippen LogP contribution in [0.3, 0.4) is 0 Å². The van der Waals surface area contributed by atoms with E-state index in [9.17, 15) is 9.59 Å². The Morgan fingerprint density at radius 1 is 1.15 bits per heavy atom. The predicted octanol–water partition coefficient (Wildman–Crippen LogP) is 1.26. The predicted molar refractivity (Wildman–Crippen MR) is 76.4 cm³/mol. The van der Waals surface area contributed by atoms with E-state index in [2.05, 4.69) is 0 Å². The van der Waals surface area contributed by atoms with Gasteiger partial charge in [-0.15, -0.1) is 0 Å². The smallest absolute Gasteiger partial charge is 0.319 e. The quantitative estimate of drug-likeness (QED) is 0.773. The van der Waals surface area contributed by atoms with Crippen molar-refractivity contribution in [2.24, 2.45) is 11.8 Å². The third kappa shape index (κ3) is 2.03. The first kappa shape index (κ1) is 13.0. The average Bonchev–Trinajstić information content (AvgIpc) is 2.99. The topological polar surface area (TPSA) is 43.9 Å². The summed E-state index contributed by atoms with van der Waals surface area (Å²) in [7, 11) is 3.49. The maximum atomic E-state index is 12.5. The van der Waals surface area contributed by atoms with Crippen LogP contribution in [-0.2, 0) is 4.79 Å². The number of para-hydroxylation sites is 1. The van der Waals surface area contributed by atoms with E-state index in [0.717, 1.165) is 5.69 Å². The lowest BCUT2D eigenvalue weighted by Crippen LogP contribution is -2.40. The summed E-state index contributed by atoms with van der Waals surface area (Å²) >= 11 is 0. The van der Waals surface area contributed by atoms with Crippen molar-refractivity contribution in [3.05, 3.63) is 30.3 Å². The first-order chi connectivity index (χ1) is 9.58. The number of carbonyl (C=O) groups is 2. The molecule has 2 heterocycles. The molecular formula is C15H19N3O2. The maximum Gasteiger partial charge on any atom is 0.319 e. The normalized spacial score (nSPS) is 25.0. The van der Waals surface area contributed by atoms with E-state index in [4.69, 9.17) is 0 Å². The van der Waals surface area contributed by atoms with Crippen LogP contribution >= 0.6 is 0 Å². The lowest BCUT2D eigenvalue weighted by Gasteiger charge is -2.24. The number of rotatable bonds is 1. The number of anilines is 1. The molecule has 1 aromatic rings. The second-order valence-electron chi connectivity index (χ2n) is 5.73. The van der Waals surface area contributed by atoms with E-state index in [1.807, 2.05) is 35.2 Å². The molecule has 2 aliphatic heterocycles. The minimum Gasteiger partial charge on any atom is -0.331 e. The lowest BCUT2D eigenvalue weighted by molar-refractivity contribution is -0.120. The Morgan fingerprint density at radius 2 is 1.85 bits per heavy atom. The zero-order valence-electron chi connectivity index (χ0n) is 11.8. The number of benzene rings is 1. The Labute approximate surface area is 118 Å². The molecule has 3 rings (SSSR count). The molecule has 20 heavy (non-hydrogen) atoms. The van der Waals surface area contributed by atoms with Crippen molar-refractivity contribution in [3.8, 4) is 0 Å². The van der Waals surface area contributed by atoms with Gasteiger partial charge in [0, 0.05) is 45.3 Å². The third-order valence-corrected chi connectivity index (χ3v) is 4.16. The summed E-state index contributed by atoms with van der Waals surface area (Å²) in [6.07, 6.45) is 0. The van der Waals surface area contributed by atoms with E-state index >= 15 is 0 Å². The van der Waals surface area contributed by atoms with Gasteiger partial charge in [0.15, 0.2) is 0 Å². The van der Waals surface area contributed by atoms with Gasteiger partial charge in [0.05, 0.1) is 5.92 Å². The Hall–Kier alpha value is -2.04. The first-order valence-electron chi connectivity index (χ1n) is 6.90. The number of hydrogen-bond acceptors (Lipinski definition) is 2. The van der Waals surface area contributed by atoms with Crippen molar-refractivity contribution in [2.45, 2.75) is 0 Å².